The molecule has 0 fully saturated rings. The lowest BCUT2D eigenvalue weighted by Gasteiger charge is -2.18. The van der Waals surface area contributed by atoms with Crippen LogP contribution < -0.4 is 11.1 Å². The summed E-state index contributed by atoms with van der Waals surface area (Å²) in [7, 11) is 0. The molecule has 0 aliphatic carbocycles. The van der Waals surface area contributed by atoms with Crippen LogP contribution in [0, 0.1) is 0 Å². The highest BCUT2D eigenvalue weighted by Gasteiger charge is 2.17. The van der Waals surface area contributed by atoms with Crippen LogP contribution in [-0.2, 0) is 0 Å². The molecule has 0 aliphatic rings. The predicted molar refractivity (Wildman–Crippen MR) is 70.9 cm³/mol. The highest BCUT2D eigenvalue weighted by molar-refractivity contribution is 7.07. The van der Waals surface area contributed by atoms with Gasteiger partial charge in [0.15, 0.2) is 0 Å². The van der Waals surface area contributed by atoms with Crippen molar-refractivity contribution in [3.63, 3.8) is 0 Å². The second kappa shape index (κ2) is 5.75. The molecule has 0 aliphatic heterocycles. The van der Waals surface area contributed by atoms with Gasteiger partial charge in [-0.25, -0.2) is 9.97 Å². The lowest BCUT2D eigenvalue weighted by atomic mass is 10.1. The normalized spacial score (nSPS) is 12.5. The number of rotatable bonds is 5. The molecular formula is C12H16N4S. The van der Waals surface area contributed by atoms with E-state index in [2.05, 4.69) is 22.2 Å². The molecule has 2 heterocycles. The van der Waals surface area contributed by atoms with Gasteiger partial charge in [-0.05, 0) is 19.0 Å². The molecule has 0 spiro atoms. The van der Waals surface area contributed by atoms with E-state index in [0.717, 1.165) is 24.2 Å². The van der Waals surface area contributed by atoms with E-state index in [-0.39, 0.29) is 6.04 Å². The van der Waals surface area contributed by atoms with Gasteiger partial charge in [0, 0.05) is 17.1 Å². The Balaban J connectivity index is 2.30. The van der Waals surface area contributed by atoms with E-state index in [1.165, 1.54) is 0 Å². The Labute approximate surface area is 105 Å². The Hall–Kier alpha value is -1.46. The Morgan fingerprint density at radius 3 is 3.00 bits per heavy atom. The first-order valence-corrected chi connectivity index (χ1v) is 6.59. The summed E-state index contributed by atoms with van der Waals surface area (Å²) in [6.07, 6.45) is 2.78. The standard InChI is InChI=1S/C12H16N4S/c1-2-5-14-11(10-7-17-8-16-10)9-4-3-6-15-12(9)13/h3-4,6-8,11,14H,2,5H2,1H3,(H2,13,15). The maximum absolute atomic E-state index is 5.92. The minimum absolute atomic E-state index is 0.0369. The highest BCUT2D eigenvalue weighted by Crippen LogP contribution is 2.25. The molecule has 1 atom stereocenters. The Morgan fingerprint density at radius 1 is 1.47 bits per heavy atom. The quantitative estimate of drug-likeness (QED) is 0.851. The average Bonchev–Trinajstić information content (AvgIpc) is 2.85. The maximum atomic E-state index is 5.92. The molecule has 0 radical (unpaired) electrons. The van der Waals surface area contributed by atoms with E-state index in [1.54, 1.807) is 17.5 Å². The van der Waals surface area contributed by atoms with Crippen LogP contribution in [0.5, 0.6) is 0 Å². The number of nitrogens with zero attached hydrogens (tertiary/aromatic N) is 2. The number of anilines is 1. The van der Waals surface area contributed by atoms with Gasteiger partial charge < -0.3 is 11.1 Å². The predicted octanol–water partition coefficient (Wildman–Crippen LogP) is 2.21. The van der Waals surface area contributed by atoms with Crippen molar-refractivity contribution in [3.8, 4) is 0 Å². The molecule has 5 heteroatoms. The van der Waals surface area contributed by atoms with Gasteiger partial charge in [-0.1, -0.05) is 13.0 Å². The molecule has 2 rings (SSSR count). The van der Waals surface area contributed by atoms with Gasteiger partial charge >= 0.3 is 0 Å². The molecule has 4 nitrogen and oxygen atoms in total. The van der Waals surface area contributed by atoms with Crippen molar-refractivity contribution in [2.75, 3.05) is 12.3 Å². The van der Waals surface area contributed by atoms with E-state index < -0.39 is 0 Å². The monoisotopic (exact) mass is 248 g/mol. The van der Waals surface area contributed by atoms with E-state index in [9.17, 15) is 0 Å². The number of hydrogen-bond donors (Lipinski definition) is 2. The molecule has 2 aromatic heterocycles. The number of nitrogens with two attached hydrogens (primary N) is 1. The van der Waals surface area contributed by atoms with Crippen LogP contribution in [-0.4, -0.2) is 16.5 Å². The van der Waals surface area contributed by atoms with Gasteiger partial charge in [-0.3, -0.25) is 0 Å². The molecule has 2 aromatic rings. The lowest BCUT2D eigenvalue weighted by Crippen LogP contribution is -2.24. The Morgan fingerprint density at radius 2 is 2.35 bits per heavy atom. The van der Waals surface area contributed by atoms with Gasteiger partial charge in [0.2, 0.25) is 0 Å². The smallest absolute Gasteiger partial charge is 0.128 e. The molecule has 0 saturated heterocycles. The molecule has 1 unspecified atom stereocenters. The van der Waals surface area contributed by atoms with E-state index >= 15 is 0 Å². The molecule has 90 valence electrons. The summed E-state index contributed by atoms with van der Waals surface area (Å²) >= 11 is 1.59. The fourth-order valence-electron chi connectivity index (χ4n) is 1.70. The summed E-state index contributed by atoms with van der Waals surface area (Å²) in [5.41, 5.74) is 9.75. The minimum atomic E-state index is 0.0369. The third kappa shape index (κ3) is 2.81. The molecule has 0 amide bonds. The number of nitrogens with one attached hydrogen (secondary N) is 1. The summed E-state index contributed by atoms with van der Waals surface area (Å²) in [4.78, 5) is 8.49. The first-order chi connectivity index (χ1) is 8.33. The van der Waals surface area contributed by atoms with Crippen molar-refractivity contribution < 1.29 is 0 Å². The second-order valence-corrected chi connectivity index (χ2v) is 4.50. The van der Waals surface area contributed by atoms with Crippen molar-refractivity contribution in [1.29, 1.82) is 0 Å². The van der Waals surface area contributed by atoms with E-state index in [4.69, 9.17) is 5.73 Å². The number of thiazole rings is 1. The maximum Gasteiger partial charge on any atom is 0.128 e. The third-order valence-corrected chi connectivity index (χ3v) is 3.13. The molecule has 3 N–H and O–H groups in total. The zero-order chi connectivity index (χ0) is 12.1. The van der Waals surface area contributed by atoms with E-state index in [0.29, 0.717) is 5.82 Å². The van der Waals surface area contributed by atoms with Crippen molar-refractivity contribution in [1.82, 2.24) is 15.3 Å². The zero-order valence-electron chi connectivity index (χ0n) is 9.76. The molecule has 0 saturated carbocycles. The van der Waals surface area contributed by atoms with Gasteiger partial charge in [-0.2, -0.15) is 0 Å². The topological polar surface area (TPSA) is 63.8 Å². The van der Waals surface area contributed by atoms with Crippen LogP contribution in [0.2, 0.25) is 0 Å². The lowest BCUT2D eigenvalue weighted by molar-refractivity contribution is 0.589. The number of nitrogen functional groups attached to an aromatic ring is 1. The minimum Gasteiger partial charge on any atom is -0.383 e. The van der Waals surface area contributed by atoms with Gasteiger partial charge in [0.05, 0.1) is 17.2 Å². The van der Waals surface area contributed by atoms with Crippen LogP contribution in [0.3, 0.4) is 0 Å². The number of pyridine rings is 1. The second-order valence-electron chi connectivity index (χ2n) is 3.78. The summed E-state index contributed by atoms with van der Waals surface area (Å²) in [5, 5.41) is 5.49. The van der Waals surface area contributed by atoms with E-state index in [1.807, 2.05) is 23.0 Å². The summed E-state index contributed by atoms with van der Waals surface area (Å²) < 4.78 is 0. The molecular weight excluding hydrogens is 232 g/mol. The first kappa shape index (κ1) is 12.0. The van der Waals surface area contributed by atoms with Gasteiger partial charge in [0.1, 0.15) is 5.82 Å². The summed E-state index contributed by atoms with van der Waals surface area (Å²) in [6, 6.07) is 3.93. The Kier molecular flexibility index (Phi) is 4.06. The molecule has 0 bridgehead atoms. The number of aromatic nitrogens is 2. The number of hydrogen-bond acceptors (Lipinski definition) is 5. The van der Waals surface area contributed by atoms with Gasteiger partial charge in [-0.15, -0.1) is 11.3 Å². The van der Waals surface area contributed by atoms with Crippen LogP contribution in [0.4, 0.5) is 5.82 Å². The van der Waals surface area contributed by atoms with Gasteiger partial charge in [0.25, 0.3) is 0 Å². The summed E-state index contributed by atoms with van der Waals surface area (Å²) in [5.74, 6) is 0.564. The third-order valence-electron chi connectivity index (χ3n) is 2.53. The van der Waals surface area contributed by atoms with Crippen molar-refractivity contribution in [3.05, 3.63) is 40.5 Å². The largest absolute Gasteiger partial charge is 0.383 e. The van der Waals surface area contributed by atoms with Crippen LogP contribution >= 0.6 is 11.3 Å². The fraction of sp³-hybridized carbons (Fsp3) is 0.333. The van der Waals surface area contributed by atoms with Crippen molar-refractivity contribution >= 4 is 17.2 Å². The molecule has 17 heavy (non-hydrogen) atoms. The average molecular weight is 248 g/mol. The first-order valence-electron chi connectivity index (χ1n) is 5.64. The SMILES string of the molecule is CCCNC(c1cscn1)c1cccnc1N. The molecule has 0 aromatic carbocycles. The van der Waals surface area contributed by atoms with Crippen LogP contribution in [0.15, 0.2) is 29.2 Å². The van der Waals surface area contributed by atoms with Crippen molar-refractivity contribution in [2.45, 2.75) is 19.4 Å². The van der Waals surface area contributed by atoms with Crippen LogP contribution in [0.1, 0.15) is 30.6 Å². The fourth-order valence-corrected chi connectivity index (χ4v) is 2.28. The Bertz CT molecular complexity index is 455. The van der Waals surface area contributed by atoms with Crippen molar-refractivity contribution in [2.24, 2.45) is 0 Å². The zero-order valence-corrected chi connectivity index (χ0v) is 10.6. The summed E-state index contributed by atoms with van der Waals surface area (Å²) in [6.45, 7) is 3.06. The van der Waals surface area contributed by atoms with Crippen LogP contribution in [0.25, 0.3) is 0 Å². The highest BCUT2D eigenvalue weighted by atomic mass is 32.1.